The first kappa shape index (κ1) is 16.7. The number of benzene rings is 2. The van der Waals surface area contributed by atoms with Crippen LogP contribution in [-0.2, 0) is 11.3 Å². The van der Waals surface area contributed by atoms with Crippen molar-refractivity contribution in [1.29, 1.82) is 0 Å². The summed E-state index contributed by atoms with van der Waals surface area (Å²) in [4.78, 5) is 30.1. The Morgan fingerprint density at radius 1 is 1.31 bits per heavy atom. The maximum absolute atomic E-state index is 12.7. The van der Waals surface area contributed by atoms with Gasteiger partial charge in [0.15, 0.2) is 0 Å². The zero-order valence-corrected chi connectivity index (χ0v) is 15.3. The summed E-state index contributed by atoms with van der Waals surface area (Å²) in [6.45, 7) is 4.57. The quantitative estimate of drug-likeness (QED) is 0.740. The molecule has 132 valence electrons. The van der Waals surface area contributed by atoms with Crippen LogP contribution < -0.4 is 10.6 Å². The van der Waals surface area contributed by atoms with Gasteiger partial charge in [-0.2, -0.15) is 0 Å². The van der Waals surface area contributed by atoms with Gasteiger partial charge in [-0.25, -0.2) is 4.98 Å². The highest BCUT2D eigenvalue weighted by Crippen LogP contribution is 2.36. The standard InChI is InChI=1S/C19H18N4O2S/c1-3-23-15-7-5-4-6-13(15)21-19(23)22-18(25)12-8-9-16-14(10-12)20-17(24)11(2)26-16/h4-11H,3H2,1-2H3,(H,20,24)(H,21,22,25). The molecule has 0 saturated carbocycles. The number of carbonyl (C=O) groups is 2. The molecule has 0 fully saturated rings. The van der Waals surface area contributed by atoms with Gasteiger partial charge in [-0.1, -0.05) is 12.1 Å². The van der Waals surface area contributed by atoms with Crippen molar-refractivity contribution in [1.82, 2.24) is 9.55 Å². The van der Waals surface area contributed by atoms with Crippen molar-refractivity contribution in [2.75, 3.05) is 10.6 Å². The maximum Gasteiger partial charge on any atom is 0.258 e. The van der Waals surface area contributed by atoms with Gasteiger partial charge in [-0.15, -0.1) is 11.8 Å². The molecule has 0 spiro atoms. The van der Waals surface area contributed by atoms with Crippen molar-refractivity contribution in [2.24, 2.45) is 0 Å². The van der Waals surface area contributed by atoms with Gasteiger partial charge in [0, 0.05) is 17.0 Å². The Morgan fingerprint density at radius 3 is 2.92 bits per heavy atom. The first-order valence-electron chi connectivity index (χ1n) is 8.45. The maximum atomic E-state index is 12.7. The third-order valence-electron chi connectivity index (χ3n) is 4.37. The Kier molecular flexibility index (Phi) is 4.16. The highest BCUT2D eigenvalue weighted by atomic mass is 32.2. The van der Waals surface area contributed by atoms with E-state index >= 15 is 0 Å². The fourth-order valence-electron chi connectivity index (χ4n) is 3.01. The largest absolute Gasteiger partial charge is 0.324 e. The number of aromatic nitrogens is 2. The Bertz CT molecular complexity index is 1030. The van der Waals surface area contributed by atoms with Crippen LogP contribution in [0.4, 0.5) is 11.6 Å². The number of hydrogen-bond acceptors (Lipinski definition) is 4. The van der Waals surface area contributed by atoms with Crippen molar-refractivity contribution in [3.05, 3.63) is 48.0 Å². The normalized spacial score (nSPS) is 16.2. The van der Waals surface area contributed by atoms with Gasteiger partial charge in [0.05, 0.1) is 22.0 Å². The molecular weight excluding hydrogens is 348 g/mol. The van der Waals surface area contributed by atoms with E-state index in [0.29, 0.717) is 23.7 Å². The molecule has 26 heavy (non-hydrogen) atoms. The van der Waals surface area contributed by atoms with Crippen molar-refractivity contribution in [3.8, 4) is 0 Å². The highest BCUT2D eigenvalue weighted by Gasteiger charge is 2.24. The number of thioether (sulfide) groups is 1. The highest BCUT2D eigenvalue weighted by molar-refractivity contribution is 8.00. The van der Waals surface area contributed by atoms with Crippen molar-refractivity contribution in [2.45, 2.75) is 30.5 Å². The monoisotopic (exact) mass is 366 g/mol. The predicted molar refractivity (Wildman–Crippen MR) is 104 cm³/mol. The third kappa shape index (κ3) is 2.84. The van der Waals surface area contributed by atoms with Crippen molar-refractivity contribution < 1.29 is 9.59 Å². The molecule has 1 aromatic heterocycles. The second-order valence-electron chi connectivity index (χ2n) is 6.08. The Balaban J connectivity index is 1.63. The van der Waals surface area contributed by atoms with Crippen LogP contribution in [-0.4, -0.2) is 26.6 Å². The lowest BCUT2D eigenvalue weighted by Crippen LogP contribution is -2.26. The summed E-state index contributed by atoms with van der Waals surface area (Å²) in [6.07, 6.45) is 0. The van der Waals surface area contributed by atoms with E-state index in [9.17, 15) is 9.59 Å². The summed E-state index contributed by atoms with van der Waals surface area (Å²) in [7, 11) is 0. The number of amides is 2. The second-order valence-corrected chi connectivity index (χ2v) is 7.47. The van der Waals surface area contributed by atoms with E-state index in [1.54, 1.807) is 12.1 Å². The van der Waals surface area contributed by atoms with Gasteiger partial charge in [0.1, 0.15) is 0 Å². The molecule has 0 radical (unpaired) electrons. The minimum Gasteiger partial charge on any atom is -0.324 e. The zero-order chi connectivity index (χ0) is 18.3. The summed E-state index contributed by atoms with van der Waals surface area (Å²) in [5.74, 6) is 0.215. The van der Waals surface area contributed by atoms with Crippen LogP contribution in [0.2, 0.25) is 0 Å². The summed E-state index contributed by atoms with van der Waals surface area (Å²) in [6, 6.07) is 13.1. The first-order chi connectivity index (χ1) is 12.6. The molecule has 1 aliphatic heterocycles. The molecule has 0 saturated heterocycles. The number of carbonyl (C=O) groups excluding carboxylic acids is 2. The molecule has 3 aromatic rings. The number of para-hydroxylation sites is 2. The number of anilines is 2. The summed E-state index contributed by atoms with van der Waals surface area (Å²) < 4.78 is 1.96. The number of nitrogens with zero attached hydrogens (tertiary/aromatic N) is 2. The fraction of sp³-hybridized carbons (Fsp3) is 0.211. The lowest BCUT2D eigenvalue weighted by atomic mass is 10.2. The van der Waals surface area contributed by atoms with Crippen molar-refractivity contribution in [3.63, 3.8) is 0 Å². The number of aryl methyl sites for hydroxylation is 1. The zero-order valence-electron chi connectivity index (χ0n) is 14.4. The average molecular weight is 366 g/mol. The lowest BCUT2D eigenvalue weighted by molar-refractivity contribution is -0.115. The number of fused-ring (bicyclic) bond motifs is 2. The van der Waals surface area contributed by atoms with E-state index < -0.39 is 0 Å². The van der Waals surface area contributed by atoms with E-state index in [2.05, 4.69) is 15.6 Å². The molecular formula is C19H18N4O2S. The molecule has 1 unspecified atom stereocenters. The van der Waals surface area contributed by atoms with Gasteiger partial charge >= 0.3 is 0 Å². The number of imidazole rings is 1. The minimum absolute atomic E-state index is 0.0483. The Labute approximate surface area is 155 Å². The molecule has 2 heterocycles. The average Bonchev–Trinajstić information content (AvgIpc) is 2.99. The van der Waals surface area contributed by atoms with Crippen LogP contribution in [0.3, 0.4) is 0 Å². The van der Waals surface area contributed by atoms with Gasteiger partial charge in [0.25, 0.3) is 5.91 Å². The van der Waals surface area contributed by atoms with E-state index in [1.807, 2.05) is 48.7 Å². The van der Waals surface area contributed by atoms with Crippen LogP contribution in [0.15, 0.2) is 47.4 Å². The number of hydrogen-bond donors (Lipinski definition) is 2. The van der Waals surface area contributed by atoms with E-state index in [4.69, 9.17) is 0 Å². The summed E-state index contributed by atoms with van der Waals surface area (Å²) in [5.41, 5.74) is 2.98. The Hall–Kier alpha value is -2.80. The molecule has 6 nitrogen and oxygen atoms in total. The van der Waals surface area contributed by atoms with Gasteiger partial charge in [-0.3, -0.25) is 14.9 Å². The number of nitrogens with one attached hydrogen (secondary N) is 2. The first-order valence-corrected chi connectivity index (χ1v) is 9.33. The molecule has 7 heteroatoms. The van der Waals surface area contributed by atoms with Gasteiger partial charge < -0.3 is 9.88 Å². The topological polar surface area (TPSA) is 76.0 Å². The van der Waals surface area contributed by atoms with E-state index in [0.717, 1.165) is 15.9 Å². The van der Waals surface area contributed by atoms with Crippen LogP contribution in [0.5, 0.6) is 0 Å². The molecule has 1 aliphatic rings. The van der Waals surface area contributed by atoms with Gasteiger partial charge in [0.2, 0.25) is 11.9 Å². The van der Waals surface area contributed by atoms with Gasteiger partial charge in [-0.05, 0) is 44.2 Å². The van der Waals surface area contributed by atoms with Crippen LogP contribution in [0.1, 0.15) is 24.2 Å². The van der Waals surface area contributed by atoms with Crippen LogP contribution in [0.25, 0.3) is 11.0 Å². The molecule has 2 amide bonds. The van der Waals surface area contributed by atoms with Crippen molar-refractivity contribution >= 4 is 46.2 Å². The molecule has 2 N–H and O–H groups in total. The molecule has 0 aliphatic carbocycles. The fourth-order valence-corrected chi connectivity index (χ4v) is 3.95. The molecule has 0 bridgehead atoms. The Morgan fingerprint density at radius 2 is 2.12 bits per heavy atom. The number of rotatable bonds is 3. The lowest BCUT2D eigenvalue weighted by Gasteiger charge is -2.21. The molecule has 1 atom stereocenters. The van der Waals surface area contributed by atoms with E-state index in [-0.39, 0.29) is 17.1 Å². The molecule has 4 rings (SSSR count). The smallest absolute Gasteiger partial charge is 0.258 e. The third-order valence-corrected chi connectivity index (χ3v) is 5.55. The van der Waals surface area contributed by atoms with Crippen LogP contribution >= 0.6 is 11.8 Å². The van der Waals surface area contributed by atoms with E-state index in [1.165, 1.54) is 11.8 Å². The molecule has 2 aromatic carbocycles. The van der Waals surface area contributed by atoms with Crippen LogP contribution in [0, 0.1) is 0 Å². The SMILES string of the molecule is CCn1c(NC(=O)c2ccc3c(c2)NC(=O)C(C)S3)nc2ccccc21. The summed E-state index contributed by atoms with van der Waals surface area (Å²) in [5, 5.41) is 5.61. The second kappa shape index (κ2) is 6.49. The minimum atomic E-state index is -0.254. The summed E-state index contributed by atoms with van der Waals surface area (Å²) >= 11 is 1.49. The predicted octanol–water partition coefficient (Wildman–Crippen LogP) is 3.74.